The standard InChI is InChI=1S/C20H31N3/c1-3-5-16-23(17-6-4-2)20(14-12-18(21)13-15-20)22-19-10-8-7-9-11-19/h7-14,22H,3-6,15-17,21H2,1-2H3. The molecule has 0 bridgehead atoms. The molecular formula is C20H31N3. The Hall–Kier alpha value is -1.74. The van der Waals surface area contributed by atoms with E-state index in [4.69, 9.17) is 5.73 Å². The average Bonchev–Trinajstić information content (AvgIpc) is 2.58. The van der Waals surface area contributed by atoms with Gasteiger partial charge in [0.1, 0.15) is 5.66 Å². The van der Waals surface area contributed by atoms with Crippen molar-refractivity contribution in [3.63, 3.8) is 0 Å². The van der Waals surface area contributed by atoms with Crippen LogP contribution in [-0.2, 0) is 0 Å². The van der Waals surface area contributed by atoms with Gasteiger partial charge < -0.3 is 11.1 Å². The summed E-state index contributed by atoms with van der Waals surface area (Å²) in [5.41, 5.74) is 7.82. The van der Waals surface area contributed by atoms with Crippen molar-refractivity contribution in [2.75, 3.05) is 18.4 Å². The smallest absolute Gasteiger partial charge is 0.114 e. The van der Waals surface area contributed by atoms with E-state index in [1.165, 1.54) is 25.7 Å². The number of anilines is 1. The fourth-order valence-electron chi connectivity index (χ4n) is 3.03. The Kier molecular flexibility index (Phi) is 6.72. The number of nitrogens with zero attached hydrogens (tertiary/aromatic N) is 1. The highest BCUT2D eigenvalue weighted by molar-refractivity contribution is 5.48. The molecular weight excluding hydrogens is 282 g/mol. The number of nitrogens with two attached hydrogens (primary N) is 1. The van der Waals surface area contributed by atoms with Crippen LogP contribution in [-0.4, -0.2) is 23.7 Å². The summed E-state index contributed by atoms with van der Waals surface area (Å²) in [6.07, 6.45) is 12.2. The van der Waals surface area contributed by atoms with E-state index < -0.39 is 0 Å². The topological polar surface area (TPSA) is 41.3 Å². The van der Waals surface area contributed by atoms with Crippen LogP contribution in [0.2, 0.25) is 0 Å². The Morgan fingerprint density at radius 3 is 2.26 bits per heavy atom. The number of nitrogens with one attached hydrogen (secondary N) is 1. The first-order chi connectivity index (χ1) is 11.2. The normalized spacial score (nSPS) is 20.6. The molecule has 23 heavy (non-hydrogen) atoms. The zero-order chi connectivity index (χ0) is 16.5. The van der Waals surface area contributed by atoms with Crippen molar-refractivity contribution in [3.05, 3.63) is 54.3 Å². The molecule has 1 aromatic rings. The fourth-order valence-corrected chi connectivity index (χ4v) is 3.03. The zero-order valence-corrected chi connectivity index (χ0v) is 14.6. The summed E-state index contributed by atoms with van der Waals surface area (Å²) in [6, 6.07) is 10.5. The maximum absolute atomic E-state index is 5.98. The monoisotopic (exact) mass is 313 g/mol. The molecule has 0 fully saturated rings. The van der Waals surface area contributed by atoms with Gasteiger partial charge in [0.05, 0.1) is 0 Å². The summed E-state index contributed by atoms with van der Waals surface area (Å²) < 4.78 is 0. The lowest BCUT2D eigenvalue weighted by molar-refractivity contribution is 0.149. The Bertz CT molecular complexity index is 513. The van der Waals surface area contributed by atoms with Crippen molar-refractivity contribution in [2.45, 2.75) is 51.6 Å². The van der Waals surface area contributed by atoms with Crippen LogP contribution >= 0.6 is 0 Å². The lowest BCUT2D eigenvalue weighted by Gasteiger charge is -2.44. The van der Waals surface area contributed by atoms with E-state index in [-0.39, 0.29) is 5.66 Å². The fraction of sp³-hybridized carbons (Fsp3) is 0.500. The number of benzene rings is 1. The second-order valence-electron chi connectivity index (χ2n) is 6.35. The van der Waals surface area contributed by atoms with Gasteiger partial charge in [-0.15, -0.1) is 0 Å². The van der Waals surface area contributed by atoms with Crippen molar-refractivity contribution in [1.29, 1.82) is 0 Å². The maximum atomic E-state index is 5.98. The maximum Gasteiger partial charge on any atom is 0.114 e. The summed E-state index contributed by atoms with van der Waals surface area (Å²) in [5.74, 6) is 0. The predicted molar refractivity (Wildman–Crippen MR) is 100 cm³/mol. The molecule has 0 aliphatic heterocycles. The summed E-state index contributed by atoms with van der Waals surface area (Å²) in [6.45, 7) is 6.72. The molecule has 3 heteroatoms. The Labute approximate surface area is 141 Å². The van der Waals surface area contributed by atoms with Gasteiger partial charge in [0.25, 0.3) is 0 Å². The van der Waals surface area contributed by atoms with Crippen molar-refractivity contribution in [1.82, 2.24) is 4.90 Å². The summed E-state index contributed by atoms with van der Waals surface area (Å²) >= 11 is 0. The molecule has 1 unspecified atom stereocenters. The molecule has 1 atom stereocenters. The second-order valence-corrected chi connectivity index (χ2v) is 6.35. The molecule has 2 rings (SSSR count). The van der Waals surface area contributed by atoms with E-state index in [9.17, 15) is 0 Å². The molecule has 0 aromatic heterocycles. The third kappa shape index (κ3) is 4.87. The second kappa shape index (κ2) is 8.78. The third-order valence-corrected chi connectivity index (χ3v) is 4.46. The zero-order valence-electron chi connectivity index (χ0n) is 14.6. The first kappa shape index (κ1) is 17.6. The molecule has 3 N–H and O–H groups in total. The van der Waals surface area contributed by atoms with Crippen LogP contribution in [0.1, 0.15) is 46.0 Å². The van der Waals surface area contributed by atoms with E-state index in [1.807, 2.05) is 6.08 Å². The molecule has 126 valence electrons. The Balaban J connectivity index is 2.25. The Morgan fingerprint density at radius 1 is 1.09 bits per heavy atom. The van der Waals surface area contributed by atoms with E-state index in [0.717, 1.165) is 30.9 Å². The van der Waals surface area contributed by atoms with Crippen molar-refractivity contribution in [3.8, 4) is 0 Å². The quantitative estimate of drug-likeness (QED) is 0.660. The summed E-state index contributed by atoms with van der Waals surface area (Å²) in [7, 11) is 0. The van der Waals surface area contributed by atoms with E-state index in [1.54, 1.807) is 0 Å². The van der Waals surface area contributed by atoms with Gasteiger partial charge in [-0.3, -0.25) is 4.90 Å². The summed E-state index contributed by atoms with van der Waals surface area (Å²) in [5, 5.41) is 3.77. The van der Waals surface area contributed by atoms with Crippen LogP contribution in [0.25, 0.3) is 0 Å². The predicted octanol–water partition coefficient (Wildman–Crippen LogP) is 4.50. The van der Waals surface area contributed by atoms with Gasteiger partial charge in [-0.1, -0.05) is 51.0 Å². The van der Waals surface area contributed by atoms with Crippen molar-refractivity contribution in [2.24, 2.45) is 5.73 Å². The number of hydrogen-bond donors (Lipinski definition) is 2. The molecule has 0 saturated carbocycles. The van der Waals surface area contributed by atoms with Gasteiger partial charge in [0.2, 0.25) is 0 Å². The molecule has 0 heterocycles. The Morgan fingerprint density at radius 2 is 1.74 bits per heavy atom. The van der Waals surface area contributed by atoms with Gasteiger partial charge in [-0.2, -0.15) is 0 Å². The largest absolute Gasteiger partial charge is 0.399 e. The molecule has 1 aliphatic rings. The average molecular weight is 313 g/mol. The van der Waals surface area contributed by atoms with Gasteiger partial charge in [-0.05, 0) is 37.1 Å². The molecule has 0 saturated heterocycles. The molecule has 1 aromatic carbocycles. The van der Waals surface area contributed by atoms with Gasteiger partial charge in [0.15, 0.2) is 0 Å². The number of hydrogen-bond acceptors (Lipinski definition) is 3. The SMILES string of the molecule is CCCCN(CCCC)C1(Nc2ccccc2)C=CC(N)=CC1. The van der Waals surface area contributed by atoms with Crippen LogP contribution in [0, 0.1) is 0 Å². The minimum Gasteiger partial charge on any atom is -0.399 e. The van der Waals surface area contributed by atoms with Crippen LogP contribution in [0.5, 0.6) is 0 Å². The van der Waals surface area contributed by atoms with Gasteiger partial charge in [0, 0.05) is 30.9 Å². The van der Waals surface area contributed by atoms with E-state index in [2.05, 4.69) is 66.5 Å². The van der Waals surface area contributed by atoms with Crippen LogP contribution in [0.4, 0.5) is 5.69 Å². The molecule has 0 radical (unpaired) electrons. The van der Waals surface area contributed by atoms with Gasteiger partial charge in [-0.25, -0.2) is 0 Å². The van der Waals surface area contributed by atoms with Crippen LogP contribution < -0.4 is 11.1 Å². The highest BCUT2D eigenvalue weighted by Gasteiger charge is 2.34. The van der Waals surface area contributed by atoms with E-state index in [0.29, 0.717) is 0 Å². The highest BCUT2D eigenvalue weighted by atomic mass is 15.3. The van der Waals surface area contributed by atoms with Crippen LogP contribution in [0.15, 0.2) is 54.3 Å². The van der Waals surface area contributed by atoms with Crippen molar-refractivity contribution < 1.29 is 0 Å². The van der Waals surface area contributed by atoms with Crippen LogP contribution in [0.3, 0.4) is 0 Å². The first-order valence-electron chi connectivity index (χ1n) is 8.93. The lowest BCUT2D eigenvalue weighted by atomic mass is 9.95. The summed E-state index contributed by atoms with van der Waals surface area (Å²) in [4.78, 5) is 2.59. The number of unbranched alkanes of at least 4 members (excludes halogenated alkanes) is 2. The lowest BCUT2D eigenvalue weighted by Crippen LogP contribution is -2.54. The molecule has 1 aliphatic carbocycles. The van der Waals surface area contributed by atoms with Crippen molar-refractivity contribution >= 4 is 5.69 Å². The molecule has 0 spiro atoms. The number of allylic oxidation sites excluding steroid dienone is 1. The number of rotatable bonds is 9. The third-order valence-electron chi connectivity index (χ3n) is 4.46. The van der Waals surface area contributed by atoms with E-state index >= 15 is 0 Å². The highest BCUT2D eigenvalue weighted by Crippen LogP contribution is 2.29. The first-order valence-corrected chi connectivity index (χ1v) is 8.93. The van der Waals surface area contributed by atoms with Gasteiger partial charge >= 0.3 is 0 Å². The molecule has 0 amide bonds. The minimum absolute atomic E-state index is 0.172. The minimum atomic E-state index is -0.172. The molecule has 3 nitrogen and oxygen atoms in total. The number of para-hydroxylation sites is 1.